The van der Waals surface area contributed by atoms with Gasteiger partial charge < -0.3 is 14.8 Å². The summed E-state index contributed by atoms with van der Waals surface area (Å²) in [6, 6.07) is 3.92. The molecule has 1 heterocycles. The van der Waals surface area contributed by atoms with Crippen molar-refractivity contribution in [3.05, 3.63) is 29.0 Å². The number of hydrogen-bond donors (Lipinski definition) is 1. The van der Waals surface area contributed by atoms with E-state index < -0.39 is 5.82 Å². The zero-order valence-corrected chi connectivity index (χ0v) is 12.0. The van der Waals surface area contributed by atoms with Gasteiger partial charge in [0.2, 0.25) is 0 Å². The Hall–Kier alpha value is -1.33. The SMILES string of the molecule is C[C@H](NC(=O)COc1ccc(F)c(Cl)c1)[C@H]1CCCO1. The van der Waals surface area contributed by atoms with Crippen LogP contribution in [0.4, 0.5) is 4.39 Å². The Morgan fingerprint density at radius 3 is 3.10 bits per heavy atom. The van der Waals surface area contributed by atoms with Crippen LogP contribution in [0.15, 0.2) is 18.2 Å². The number of carbonyl (C=O) groups excluding carboxylic acids is 1. The van der Waals surface area contributed by atoms with Crippen molar-refractivity contribution in [1.82, 2.24) is 5.32 Å². The maximum atomic E-state index is 13.0. The van der Waals surface area contributed by atoms with Crippen LogP contribution in [0.1, 0.15) is 19.8 Å². The van der Waals surface area contributed by atoms with Crippen LogP contribution in [0, 0.1) is 5.82 Å². The van der Waals surface area contributed by atoms with E-state index in [9.17, 15) is 9.18 Å². The van der Waals surface area contributed by atoms with Gasteiger partial charge in [-0.1, -0.05) is 11.6 Å². The number of hydrogen-bond acceptors (Lipinski definition) is 3. The van der Waals surface area contributed by atoms with E-state index in [0.717, 1.165) is 19.4 Å². The number of ether oxygens (including phenoxy) is 2. The second-order valence-corrected chi connectivity index (χ2v) is 5.18. The summed E-state index contributed by atoms with van der Waals surface area (Å²) in [6.07, 6.45) is 2.05. The molecule has 20 heavy (non-hydrogen) atoms. The lowest BCUT2D eigenvalue weighted by molar-refractivity contribution is -0.124. The van der Waals surface area contributed by atoms with Gasteiger partial charge in [-0.2, -0.15) is 0 Å². The van der Waals surface area contributed by atoms with E-state index in [1.165, 1.54) is 18.2 Å². The maximum Gasteiger partial charge on any atom is 0.258 e. The van der Waals surface area contributed by atoms with Crippen molar-refractivity contribution in [3.8, 4) is 5.75 Å². The molecule has 0 bridgehead atoms. The Labute approximate surface area is 122 Å². The Morgan fingerprint density at radius 2 is 2.45 bits per heavy atom. The highest BCUT2D eigenvalue weighted by Crippen LogP contribution is 2.21. The monoisotopic (exact) mass is 301 g/mol. The Balaban J connectivity index is 1.78. The van der Waals surface area contributed by atoms with Gasteiger partial charge in [0.25, 0.3) is 5.91 Å². The van der Waals surface area contributed by atoms with E-state index in [1.807, 2.05) is 6.92 Å². The fourth-order valence-corrected chi connectivity index (χ4v) is 2.27. The third-order valence-corrected chi connectivity index (χ3v) is 3.46. The molecule has 1 fully saturated rings. The van der Waals surface area contributed by atoms with Crippen LogP contribution < -0.4 is 10.1 Å². The van der Waals surface area contributed by atoms with Crippen molar-refractivity contribution in [2.45, 2.75) is 31.9 Å². The van der Waals surface area contributed by atoms with Gasteiger partial charge in [-0.25, -0.2) is 4.39 Å². The van der Waals surface area contributed by atoms with Crippen molar-refractivity contribution in [3.63, 3.8) is 0 Å². The molecule has 0 aliphatic carbocycles. The summed E-state index contributed by atoms with van der Waals surface area (Å²) in [4.78, 5) is 11.7. The molecule has 1 aliphatic rings. The lowest BCUT2D eigenvalue weighted by Crippen LogP contribution is -2.42. The minimum atomic E-state index is -0.518. The van der Waals surface area contributed by atoms with Gasteiger partial charge in [-0.05, 0) is 31.9 Å². The lowest BCUT2D eigenvalue weighted by atomic mass is 10.1. The van der Waals surface area contributed by atoms with E-state index in [0.29, 0.717) is 5.75 Å². The van der Waals surface area contributed by atoms with Crippen LogP contribution in [0.3, 0.4) is 0 Å². The van der Waals surface area contributed by atoms with Gasteiger partial charge in [0.05, 0.1) is 17.2 Å². The topological polar surface area (TPSA) is 47.6 Å². The highest BCUT2D eigenvalue weighted by atomic mass is 35.5. The summed E-state index contributed by atoms with van der Waals surface area (Å²) in [7, 11) is 0. The molecular weight excluding hydrogens is 285 g/mol. The standard InChI is InChI=1S/C14H17ClFNO3/c1-9(13-3-2-6-19-13)17-14(18)8-20-10-4-5-12(16)11(15)7-10/h4-5,7,9,13H,2-3,6,8H2,1H3,(H,17,18)/t9-,13+/m0/s1. The van der Waals surface area contributed by atoms with Gasteiger partial charge in [0, 0.05) is 12.7 Å². The van der Waals surface area contributed by atoms with Crippen molar-refractivity contribution in [2.24, 2.45) is 0 Å². The zero-order chi connectivity index (χ0) is 14.5. The number of halogens is 2. The lowest BCUT2D eigenvalue weighted by Gasteiger charge is -2.20. The second kappa shape index (κ2) is 6.90. The molecule has 0 unspecified atom stereocenters. The van der Waals surface area contributed by atoms with Gasteiger partial charge in [-0.3, -0.25) is 4.79 Å². The smallest absolute Gasteiger partial charge is 0.258 e. The highest BCUT2D eigenvalue weighted by molar-refractivity contribution is 6.30. The molecule has 2 atom stereocenters. The first kappa shape index (κ1) is 15.1. The van der Waals surface area contributed by atoms with E-state index in [2.05, 4.69) is 5.32 Å². The molecule has 1 amide bonds. The first-order valence-corrected chi connectivity index (χ1v) is 6.93. The first-order valence-electron chi connectivity index (χ1n) is 6.55. The average Bonchev–Trinajstić information content (AvgIpc) is 2.94. The minimum Gasteiger partial charge on any atom is -0.484 e. The fraction of sp³-hybridized carbons (Fsp3) is 0.500. The average molecular weight is 302 g/mol. The number of amides is 1. The van der Waals surface area contributed by atoms with Crippen LogP contribution in [0.25, 0.3) is 0 Å². The number of benzene rings is 1. The highest BCUT2D eigenvalue weighted by Gasteiger charge is 2.23. The van der Waals surface area contributed by atoms with E-state index >= 15 is 0 Å². The molecule has 0 radical (unpaired) electrons. The number of nitrogens with one attached hydrogen (secondary N) is 1. The molecule has 1 N–H and O–H groups in total. The van der Waals surface area contributed by atoms with Crippen LogP contribution >= 0.6 is 11.6 Å². The largest absolute Gasteiger partial charge is 0.484 e. The predicted octanol–water partition coefficient (Wildman–Crippen LogP) is 2.54. The van der Waals surface area contributed by atoms with Crippen molar-refractivity contribution in [2.75, 3.05) is 13.2 Å². The molecule has 0 aromatic heterocycles. The summed E-state index contributed by atoms with van der Waals surface area (Å²) in [5.41, 5.74) is 0. The Kier molecular flexibility index (Phi) is 5.20. The van der Waals surface area contributed by atoms with Gasteiger partial charge in [-0.15, -0.1) is 0 Å². The molecular formula is C14H17ClFNO3. The van der Waals surface area contributed by atoms with E-state index in [-0.39, 0.29) is 29.7 Å². The van der Waals surface area contributed by atoms with Gasteiger partial charge in [0.15, 0.2) is 6.61 Å². The summed E-state index contributed by atoms with van der Waals surface area (Å²) < 4.78 is 23.7. The maximum absolute atomic E-state index is 13.0. The number of rotatable bonds is 5. The first-order chi connectivity index (χ1) is 9.56. The molecule has 1 aliphatic heterocycles. The summed E-state index contributed by atoms with van der Waals surface area (Å²) in [5.74, 6) is -0.403. The summed E-state index contributed by atoms with van der Waals surface area (Å²) in [6.45, 7) is 2.51. The number of carbonyl (C=O) groups is 1. The molecule has 1 aromatic carbocycles. The van der Waals surface area contributed by atoms with E-state index in [1.54, 1.807) is 0 Å². The van der Waals surface area contributed by atoms with E-state index in [4.69, 9.17) is 21.1 Å². The van der Waals surface area contributed by atoms with Gasteiger partial charge in [0.1, 0.15) is 11.6 Å². The summed E-state index contributed by atoms with van der Waals surface area (Å²) in [5, 5.41) is 2.79. The van der Waals surface area contributed by atoms with Crippen LogP contribution in [-0.2, 0) is 9.53 Å². The normalized spacial score (nSPS) is 19.6. The van der Waals surface area contributed by atoms with Crippen molar-refractivity contribution in [1.29, 1.82) is 0 Å². The Morgan fingerprint density at radius 1 is 1.65 bits per heavy atom. The second-order valence-electron chi connectivity index (χ2n) is 4.77. The molecule has 0 spiro atoms. The van der Waals surface area contributed by atoms with Crippen molar-refractivity contribution >= 4 is 17.5 Å². The zero-order valence-electron chi connectivity index (χ0n) is 11.2. The molecule has 1 aromatic rings. The minimum absolute atomic E-state index is 0.0318. The fourth-order valence-electron chi connectivity index (χ4n) is 2.10. The molecule has 0 saturated carbocycles. The van der Waals surface area contributed by atoms with Crippen molar-refractivity contribution < 1.29 is 18.7 Å². The molecule has 4 nitrogen and oxygen atoms in total. The molecule has 1 saturated heterocycles. The van der Waals surface area contributed by atoms with Crippen LogP contribution in [0.2, 0.25) is 5.02 Å². The van der Waals surface area contributed by atoms with Crippen LogP contribution in [0.5, 0.6) is 5.75 Å². The predicted molar refractivity (Wildman–Crippen MR) is 73.5 cm³/mol. The van der Waals surface area contributed by atoms with Crippen LogP contribution in [-0.4, -0.2) is 31.3 Å². The molecule has 6 heteroatoms. The third kappa shape index (κ3) is 4.08. The Bertz CT molecular complexity index is 477. The quantitative estimate of drug-likeness (QED) is 0.909. The molecule has 2 rings (SSSR count). The summed E-state index contributed by atoms with van der Waals surface area (Å²) >= 11 is 5.63. The molecule has 110 valence electrons. The third-order valence-electron chi connectivity index (χ3n) is 3.17. The van der Waals surface area contributed by atoms with Gasteiger partial charge >= 0.3 is 0 Å².